The van der Waals surface area contributed by atoms with Crippen LogP contribution >= 0.6 is 0 Å². The van der Waals surface area contributed by atoms with Crippen LogP contribution < -0.4 is 5.32 Å². The molecule has 0 bridgehead atoms. The minimum absolute atomic E-state index is 0.141. The Labute approximate surface area is 158 Å². The molecule has 3 rings (SSSR count). The first-order valence-corrected chi connectivity index (χ1v) is 9.54. The van der Waals surface area contributed by atoms with Crippen molar-refractivity contribution in [2.45, 2.75) is 44.6 Å². The molecular formula is C20H25FN2O4. The molecule has 1 saturated heterocycles. The molecule has 1 aromatic carbocycles. The van der Waals surface area contributed by atoms with Crippen molar-refractivity contribution in [3.63, 3.8) is 0 Å². The summed E-state index contributed by atoms with van der Waals surface area (Å²) in [5.41, 5.74) is -0.141. The summed E-state index contributed by atoms with van der Waals surface area (Å²) in [5.74, 6) is -1.69. The third kappa shape index (κ3) is 4.84. The van der Waals surface area contributed by atoms with Gasteiger partial charge in [0.25, 0.3) is 11.8 Å². The lowest BCUT2D eigenvalue weighted by Crippen LogP contribution is -2.51. The number of benzene rings is 1. The number of nitrogens with zero attached hydrogens (tertiary/aromatic N) is 1. The fourth-order valence-corrected chi connectivity index (χ4v) is 4.10. The lowest BCUT2D eigenvalue weighted by Gasteiger charge is -2.44. The topological polar surface area (TPSA) is 75.7 Å². The van der Waals surface area contributed by atoms with Crippen LogP contribution in [0.25, 0.3) is 0 Å². The molecule has 0 radical (unpaired) electrons. The molecule has 0 aromatic heterocycles. The molecule has 2 atom stereocenters. The minimum atomic E-state index is -0.717. The molecule has 0 spiro atoms. The van der Waals surface area contributed by atoms with Crippen LogP contribution in [0.5, 0.6) is 0 Å². The summed E-state index contributed by atoms with van der Waals surface area (Å²) in [7, 11) is 0. The van der Waals surface area contributed by atoms with Gasteiger partial charge in [0.05, 0.1) is 5.56 Å². The smallest absolute Gasteiger partial charge is 0.325 e. The number of rotatable bonds is 5. The lowest BCUT2D eigenvalue weighted by molar-refractivity contribution is -0.154. The highest BCUT2D eigenvalue weighted by molar-refractivity contribution is 5.96. The summed E-state index contributed by atoms with van der Waals surface area (Å²) in [6.45, 7) is -0.0221. The van der Waals surface area contributed by atoms with Crippen LogP contribution in [-0.2, 0) is 14.3 Å². The van der Waals surface area contributed by atoms with Crippen LogP contribution in [-0.4, -0.2) is 48.4 Å². The van der Waals surface area contributed by atoms with E-state index in [1.807, 2.05) is 4.90 Å². The van der Waals surface area contributed by atoms with Crippen molar-refractivity contribution < 1.29 is 23.5 Å². The van der Waals surface area contributed by atoms with E-state index in [1.54, 1.807) is 0 Å². The number of carbonyl (C=O) groups is 3. The normalized spacial score (nSPS) is 21.9. The largest absolute Gasteiger partial charge is 0.454 e. The highest BCUT2D eigenvalue weighted by Gasteiger charge is 2.35. The molecule has 1 heterocycles. The van der Waals surface area contributed by atoms with Crippen molar-refractivity contribution in [1.82, 2.24) is 10.2 Å². The van der Waals surface area contributed by atoms with E-state index in [4.69, 9.17) is 4.74 Å². The predicted octanol–water partition coefficient (Wildman–Crippen LogP) is 2.28. The number of nitrogens with one attached hydrogen (secondary N) is 1. The lowest BCUT2D eigenvalue weighted by atomic mass is 9.78. The van der Waals surface area contributed by atoms with Crippen LogP contribution in [0.4, 0.5) is 4.39 Å². The number of likely N-dealkylation sites (tertiary alicyclic amines) is 1. The first kappa shape index (κ1) is 19.3. The second-order valence-electron chi connectivity index (χ2n) is 7.16. The minimum Gasteiger partial charge on any atom is -0.454 e. The molecular weight excluding hydrogens is 351 g/mol. The Kier molecular flexibility index (Phi) is 6.42. The number of piperidine rings is 1. The Bertz CT molecular complexity index is 707. The van der Waals surface area contributed by atoms with Crippen molar-refractivity contribution in [3.05, 3.63) is 35.6 Å². The van der Waals surface area contributed by atoms with Gasteiger partial charge in [-0.2, -0.15) is 0 Å². The van der Waals surface area contributed by atoms with Gasteiger partial charge in [-0.05, 0) is 43.7 Å². The number of amides is 2. The summed E-state index contributed by atoms with van der Waals surface area (Å²) < 4.78 is 18.5. The van der Waals surface area contributed by atoms with E-state index in [0.717, 1.165) is 32.1 Å². The van der Waals surface area contributed by atoms with Gasteiger partial charge in [0.1, 0.15) is 12.4 Å². The van der Waals surface area contributed by atoms with E-state index in [1.165, 1.54) is 30.7 Å². The third-order valence-electron chi connectivity index (χ3n) is 5.43. The monoisotopic (exact) mass is 376 g/mol. The zero-order valence-electron chi connectivity index (χ0n) is 15.3. The molecule has 7 heteroatoms. The summed E-state index contributed by atoms with van der Waals surface area (Å²) >= 11 is 0. The molecule has 146 valence electrons. The van der Waals surface area contributed by atoms with Crippen LogP contribution in [0.3, 0.4) is 0 Å². The van der Waals surface area contributed by atoms with Gasteiger partial charge >= 0.3 is 5.97 Å². The van der Waals surface area contributed by atoms with Crippen LogP contribution in [0.1, 0.15) is 48.9 Å². The average molecular weight is 376 g/mol. The average Bonchev–Trinajstić information content (AvgIpc) is 2.70. The van der Waals surface area contributed by atoms with Crippen molar-refractivity contribution in [1.29, 1.82) is 0 Å². The van der Waals surface area contributed by atoms with E-state index < -0.39 is 24.2 Å². The van der Waals surface area contributed by atoms with Gasteiger partial charge < -0.3 is 15.0 Å². The van der Waals surface area contributed by atoms with Crippen molar-refractivity contribution in [2.24, 2.45) is 5.92 Å². The second kappa shape index (κ2) is 8.97. The molecule has 2 aliphatic rings. The molecule has 0 unspecified atom stereocenters. The number of hydrogen-bond acceptors (Lipinski definition) is 4. The number of ether oxygens (including phenoxy) is 1. The summed E-state index contributed by atoms with van der Waals surface area (Å²) in [6, 6.07) is 5.77. The summed E-state index contributed by atoms with van der Waals surface area (Å²) in [6.07, 6.45) is 6.68. The zero-order chi connectivity index (χ0) is 19.2. The van der Waals surface area contributed by atoms with Crippen LogP contribution in [0.15, 0.2) is 24.3 Å². The highest BCUT2D eigenvalue weighted by Crippen LogP contribution is 2.35. The first-order valence-electron chi connectivity index (χ1n) is 9.54. The van der Waals surface area contributed by atoms with Gasteiger partial charge in [0.15, 0.2) is 6.61 Å². The number of esters is 1. The first-order chi connectivity index (χ1) is 13.1. The maximum Gasteiger partial charge on any atom is 0.325 e. The van der Waals surface area contributed by atoms with E-state index in [2.05, 4.69) is 5.32 Å². The van der Waals surface area contributed by atoms with E-state index in [9.17, 15) is 18.8 Å². The summed E-state index contributed by atoms with van der Waals surface area (Å²) in [4.78, 5) is 38.0. The summed E-state index contributed by atoms with van der Waals surface area (Å²) in [5, 5.41) is 2.31. The standard InChI is InChI=1S/C20H25FN2O4/c21-16-9-3-2-8-15(16)20(26)22-12-19(25)27-13-18(24)23-11-5-7-14-6-1-4-10-17(14)23/h2-3,8-9,14,17H,1,4-7,10-13H2,(H,22,26)/t14-,17+/m0/s1. The maximum absolute atomic E-state index is 13.5. The zero-order valence-corrected chi connectivity index (χ0v) is 15.3. The highest BCUT2D eigenvalue weighted by atomic mass is 19.1. The maximum atomic E-state index is 13.5. The number of halogens is 1. The Morgan fingerprint density at radius 1 is 1.11 bits per heavy atom. The van der Waals surface area contributed by atoms with Gasteiger partial charge in [-0.15, -0.1) is 0 Å². The number of carbonyl (C=O) groups excluding carboxylic acids is 3. The van der Waals surface area contributed by atoms with Gasteiger partial charge in [-0.3, -0.25) is 14.4 Å². The molecule has 2 amide bonds. The fourth-order valence-electron chi connectivity index (χ4n) is 4.10. The molecule has 1 aliphatic carbocycles. The molecule has 1 N–H and O–H groups in total. The van der Waals surface area contributed by atoms with Crippen molar-refractivity contribution in [3.8, 4) is 0 Å². The van der Waals surface area contributed by atoms with Crippen LogP contribution in [0, 0.1) is 11.7 Å². The Morgan fingerprint density at radius 3 is 2.67 bits per heavy atom. The third-order valence-corrected chi connectivity index (χ3v) is 5.43. The van der Waals surface area contributed by atoms with E-state index in [-0.39, 0.29) is 24.1 Å². The Hall–Kier alpha value is -2.44. The molecule has 1 aromatic rings. The number of fused-ring (bicyclic) bond motifs is 1. The predicted molar refractivity (Wildman–Crippen MR) is 96.4 cm³/mol. The van der Waals surface area contributed by atoms with Crippen molar-refractivity contribution >= 4 is 17.8 Å². The van der Waals surface area contributed by atoms with Crippen LogP contribution in [0.2, 0.25) is 0 Å². The van der Waals surface area contributed by atoms with Gasteiger partial charge in [-0.1, -0.05) is 25.0 Å². The van der Waals surface area contributed by atoms with Gasteiger partial charge in [-0.25, -0.2) is 4.39 Å². The van der Waals surface area contributed by atoms with Gasteiger partial charge in [0.2, 0.25) is 0 Å². The second-order valence-corrected chi connectivity index (χ2v) is 7.16. The molecule has 27 heavy (non-hydrogen) atoms. The van der Waals surface area contributed by atoms with Gasteiger partial charge in [0, 0.05) is 12.6 Å². The molecule has 2 fully saturated rings. The number of hydrogen-bond donors (Lipinski definition) is 1. The van der Waals surface area contributed by atoms with E-state index >= 15 is 0 Å². The van der Waals surface area contributed by atoms with E-state index in [0.29, 0.717) is 12.5 Å². The van der Waals surface area contributed by atoms with Crippen molar-refractivity contribution in [2.75, 3.05) is 19.7 Å². The molecule has 6 nitrogen and oxygen atoms in total. The fraction of sp³-hybridized carbons (Fsp3) is 0.550. The quantitative estimate of drug-likeness (QED) is 0.800. The Morgan fingerprint density at radius 2 is 1.85 bits per heavy atom. The Balaban J connectivity index is 1.44. The molecule has 1 aliphatic heterocycles. The molecule has 1 saturated carbocycles. The SMILES string of the molecule is O=C(CNC(=O)c1ccccc1F)OCC(=O)N1CCC[C@@H]2CCCC[C@H]21.